The van der Waals surface area contributed by atoms with E-state index in [-0.39, 0.29) is 0 Å². The van der Waals surface area contributed by atoms with Crippen LogP contribution in [0.1, 0.15) is 17.5 Å². The highest BCUT2D eigenvalue weighted by Crippen LogP contribution is 2.31. The van der Waals surface area contributed by atoms with Crippen LogP contribution in [0.25, 0.3) is 11.5 Å². The van der Waals surface area contributed by atoms with Crippen LogP contribution in [0.5, 0.6) is 0 Å². The SMILES string of the molecule is NC(c1ccccc1)c1nnc(-c2cc(Br)ccc2Cl)o1. The van der Waals surface area contributed by atoms with E-state index in [9.17, 15) is 0 Å². The molecule has 0 radical (unpaired) electrons. The van der Waals surface area contributed by atoms with Gasteiger partial charge in [-0.25, -0.2) is 0 Å². The van der Waals surface area contributed by atoms with Crippen molar-refractivity contribution in [2.45, 2.75) is 6.04 Å². The molecule has 1 atom stereocenters. The molecule has 0 aliphatic carbocycles. The molecule has 4 nitrogen and oxygen atoms in total. The summed E-state index contributed by atoms with van der Waals surface area (Å²) in [5.41, 5.74) is 7.72. The summed E-state index contributed by atoms with van der Waals surface area (Å²) < 4.78 is 6.55. The second-order valence-corrected chi connectivity index (χ2v) is 5.78. The number of hydrogen-bond acceptors (Lipinski definition) is 4. The van der Waals surface area contributed by atoms with Crippen LogP contribution >= 0.6 is 27.5 Å². The van der Waals surface area contributed by atoms with Gasteiger partial charge in [0.1, 0.15) is 6.04 Å². The molecule has 1 heterocycles. The van der Waals surface area contributed by atoms with Crippen molar-refractivity contribution in [2.24, 2.45) is 5.73 Å². The third kappa shape index (κ3) is 3.00. The molecule has 106 valence electrons. The maximum atomic E-state index is 6.16. The van der Waals surface area contributed by atoms with Gasteiger partial charge in [0.05, 0.1) is 10.6 Å². The summed E-state index contributed by atoms with van der Waals surface area (Å²) in [7, 11) is 0. The third-order valence-electron chi connectivity index (χ3n) is 3.02. The molecule has 1 aromatic heterocycles. The molecule has 2 N–H and O–H groups in total. The average Bonchev–Trinajstić information content (AvgIpc) is 2.99. The summed E-state index contributed by atoms with van der Waals surface area (Å²) in [5.74, 6) is 0.704. The number of aromatic nitrogens is 2. The zero-order chi connectivity index (χ0) is 14.8. The Morgan fingerprint density at radius 2 is 1.86 bits per heavy atom. The molecule has 0 aliphatic rings. The lowest BCUT2D eigenvalue weighted by atomic mass is 10.1. The summed E-state index contributed by atoms with van der Waals surface area (Å²) in [5, 5.41) is 8.60. The van der Waals surface area contributed by atoms with Crippen molar-refractivity contribution in [3.8, 4) is 11.5 Å². The Balaban J connectivity index is 1.95. The lowest BCUT2D eigenvalue weighted by molar-refractivity contribution is 0.484. The van der Waals surface area contributed by atoms with Crippen molar-refractivity contribution < 1.29 is 4.42 Å². The molecular weight excluding hydrogens is 354 g/mol. The molecule has 0 bridgehead atoms. The number of halogens is 2. The van der Waals surface area contributed by atoms with E-state index >= 15 is 0 Å². The van der Waals surface area contributed by atoms with Gasteiger partial charge in [-0.05, 0) is 23.8 Å². The maximum absolute atomic E-state index is 6.16. The molecule has 1 unspecified atom stereocenters. The monoisotopic (exact) mass is 363 g/mol. The van der Waals surface area contributed by atoms with Crippen molar-refractivity contribution in [3.63, 3.8) is 0 Å². The molecule has 21 heavy (non-hydrogen) atoms. The van der Waals surface area contributed by atoms with Crippen molar-refractivity contribution in [3.05, 3.63) is 69.5 Å². The van der Waals surface area contributed by atoms with Gasteiger partial charge in [0.25, 0.3) is 0 Å². The van der Waals surface area contributed by atoms with Crippen LogP contribution in [-0.4, -0.2) is 10.2 Å². The first-order valence-corrected chi connectivity index (χ1v) is 7.41. The van der Waals surface area contributed by atoms with E-state index in [1.54, 1.807) is 6.07 Å². The second-order valence-electron chi connectivity index (χ2n) is 4.46. The van der Waals surface area contributed by atoms with E-state index in [4.69, 9.17) is 21.8 Å². The van der Waals surface area contributed by atoms with Crippen LogP contribution in [0.2, 0.25) is 5.02 Å². The van der Waals surface area contributed by atoms with Crippen LogP contribution < -0.4 is 5.73 Å². The van der Waals surface area contributed by atoms with Gasteiger partial charge in [-0.15, -0.1) is 10.2 Å². The molecule has 0 saturated heterocycles. The quantitative estimate of drug-likeness (QED) is 0.756. The van der Waals surface area contributed by atoms with E-state index in [2.05, 4.69) is 26.1 Å². The van der Waals surface area contributed by atoms with Gasteiger partial charge in [0.2, 0.25) is 11.8 Å². The summed E-state index contributed by atoms with van der Waals surface area (Å²) in [6.45, 7) is 0. The Labute approximate surface area is 135 Å². The lowest BCUT2D eigenvalue weighted by Gasteiger charge is -2.06. The van der Waals surface area contributed by atoms with Crippen LogP contribution in [0.3, 0.4) is 0 Å². The molecular formula is C15H11BrClN3O. The predicted molar refractivity (Wildman–Crippen MR) is 84.9 cm³/mol. The fourth-order valence-electron chi connectivity index (χ4n) is 1.93. The number of hydrogen-bond donors (Lipinski definition) is 1. The van der Waals surface area contributed by atoms with Crippen molar-refractivity contribution in [2.75, 3.05) is 0 Å². The van der Waals surface area contributed by atoms with Crippen molar-refractivity contribution >= 4 is 27.5 Å². The van der Waals surface area contributed by atoms with Gasteiger partial charge in [0.15, 0.2) is 0 Å². The van der Waals surface area contributed by atoms with Crippen molar-refractivity contribution in [1.29, 1.82) is 0 Å². The van der Waals surface area contributed by atoms with Crippen LogP contribution in [-0.2, 0) is 0 Å². The highest BCUT2D eigenvalue weighted by atomic mass is 79.9. The second kappa shape index (κ2) is 5.97. The zero-order valence-electron chi connectivity index (χ0n) is 10.8. The van der Waals surface area contributed by atoms with E-state index in [1.807, 2.05) is 42.5 Å². The molecule has 2 aromatic carbocycles. The largest absolute Gasteiger partial charge is 0.419 e. The van der Waals surface area contributed by atoms with Crippen LogP contribution in [0, 0.1) is 0 Å². The van der Waals surface area contributed by atoms with Crippen LogP contribution in [0.4, 0.5) is 0 Å². The molecule has 0 amide bonds. The summed E-state index contributed by atoms with van der Waals surface area (Å²) >= 11 is 9.55. The first kappa shape index (κ1) is 14.3. The number of nitrogens with two attached hydrogens (primary N) is 1. The van der Waals surface area contributed by atoms with Gasteiger partial charge in [-0.1, -0.05) is 57.9 Å². The van der Waals surface area contributed by atoms with Gasteiger partial charge in [-0.2, -0.15) is 0 Å². The van der Waals surface area contributed by atoms with E-state index in [0.717, 1.165) is 10.0 Å². The molecule has 0 saturated carbocycles. The fourth-order valence-corrected chi connectivity index (χ4v) is 2.49. The minimum Gasteiger partial charge on any atom is -0.419 e. The van der Waals surface area contributed by atoms with Gasteiger partial charge in [0, 0.05) is 4.47 Å². The fraction of sp³-hybridized carbons (Fsp3) is 0.0667. The Hall–Kier alpha value is -1.69. The minimum absolute atomic E-state index is 0.350. The van der Waals surface area contributed by atoms with E-state index in [0.29, 0.717) is 22.4 Å². The van der Waals surface area contributed by atoms with Gasteiger partial charge < -0.3 is 10.2 Å². The van der Waals surface area contributed by atoms with Crippen molar-refractivity contribution in [1.82, 2.24) is 10.2 Å². The molecule has 3 rings (SSSR count). The molecule has 6 heteroatoms. The Morgan fingerprint density at radius 3 is 2.62 bits per heavy atom. The number of nitrogens with zero attached hydrogens (tertiary/aromatic N) is 2. The summed E-state index contributed by atoms with van der Waals surface area (Å²) in [6.07, 6.45) is 0. The number of benzene rings is 2. The standard InChI is InChI=1S/C15H11BrClN3O/c16-10-6-7-12(17)11(8-10)14-19-20-15(21-14)13(18)9-4-2-1-3-5-9/h1-8,13H,18H2. The highest BCUT2D eigenvalue weighted by Gasteiger charge is 2.18. The zero-order valence-corrected chi connectivity index (χ0v) is 13.2. The van der Waals surface area contributed by atoms with Crippen LogP contribution in [0.15, 0.2) is 57.4 Å². The first-order valence-electron chi connectivity index (χ1n) is 6.24. The van der Waals surface area contributed by atoms with E-state index in [1.165, 1.54) is 0 Å². The predicted octanol–water partition coefficient (Wildman–Crippen LogP) is 4.20. The lowest BCUT2D eigenvalue weighted by Crippen LogP contribution is -2.11. The number of rotatable bonds is 3. The minimum atomic E-state index is -0.460. The van der Waals surface area contributed by atoms with E-state index < -0.39 is 6.04 Å². The van der Waals surface area contributed by atoms with Gasteiger partial charge >= 0.3 is 0 Å². The Bertz CT molecular complexity index is 761. The summed E-state index contributed by atoms with van der Waals surface area (Å²) in [4.78, 5) is 0. The highest BCUT2D eigenvalue weighted by molar-refractivity contribution is 9.10. The first-order chi connectivity index (χ1) is 10.1. The van der Waals surface area contributed by atoms with Gasteiger partial charge in [-0.3, -0.25) is 0 Å². The normalized spacial score (nSPS) is 12.3. The maximum Gasteiger partial charge on any atom is 0.249 e. The topological polar surface area (TPSA) is 64.9 Å². The summed E-state index contributed by atoms with van der Waals surface area (Å²) in [6, 6.07) is 14.6. The molecule has 0 aliphatic heterocycles. The average molecular weight is 365 g/mol. The molecule has 0 fully saturated rings. The Morgan fingerprint density at radius 1 is 1.10 bits per heavy atom. The molecule has 0 spiro atoms. The molecule has 3 aromatic rings. The Kier molecular flexibility index (Phi) is 4.05. The third-order valence-corrected chi connectivity index (χ3v) is 3.85. The smallest absolute Gasteiger partial charge is 0.249 e.